The van der Waals surface area contributed by atoms with Crippen LogP contribution in [0.2, 0.25) is 0 Å². The molecular formula is C38H76O9. The first kappa shape index (κ1) is 46.2. The highest BCUT2D eigenvalue weighted by Gasteiger charge is 2.03. The molecule has 0 spiro atoms. The molecule has 0 aromatic rings. The molecule has 0 radical (unpaired) electrons. The summed E-state index contributed by atoms with van der Waals surface area (Å²) in [6.45, 7) is 12.5. The number of carbonyl (C=O) groups excluding carboxylic acids is 1. The third-order valence-electron chi connectivity index (χ3n) is 7.85. The van der Waals surface area contributed by atoms with Gasteiger partial charge in [-0.3, -0.25) is 4.79 Å². The Morgan fingerprint density at radius 1 is 0.298 bits per heavy atom. The van der Waals surface area contributed by atoms with E-state index in [0.717, 1.165) is 25.9 Å². The van der Waals surface area contributed by atoms with Crippen molar-refractivity contribution in [2.24, 2.45) is 0 Å². The molecule has 282 valence electrons. The van der Waals surface area contributed by atoms with Crippen molar-refractivity contribution < 1.29 is 42.7 Å². The molecule has 0 saturated heterocycles. The van der Waals surface area contributed by atoms with Gasteiger partial charge in [0.25, 0.3) is 0 Å². The summed E-state index contributed by atoms with van der Waals surface area (Å²) in [5.74, 6) is -0.127. The summed E-state index contributed by atoms with van der Waals surface area (Å²) in [7, 11) is 0. The molecule has 0 aliphatic rings. The van der Waals surface area contributed by atoms with E-state index >= 15 is 0 Å². The SMILES string of the molecule is CCCCCCCCCCCCOCCOCCOCCOCCOCCOCCOCCOC(=O)CCCCCCCCCCC. The maximum Gasteiger partial charge on any atom is 0.305 e. The summed E-state index contributed by atoms with van der Waals surface area (Å²) in [5.41, 5.74) is 0. The normalized spacial score (nSPS) is 11.4. The second-order valence-corrected chi connectivity index (χ2v) is 12.3. The summed E-state index contributed by atoms with van der Waals surface area (Å²) < 4.78 is 43.9. The number of ether oxygens (including phenoxy) is 8. The van der Waals surface area contributed by atoms with Gasteiger partial charge < -0.3 is 37.9 Å². The highest BCUT2D eigenvalue weighted by molar-refractivity contribution is 5.69. The number of hydrogen-bond donors (Lipinski definition) is 0. The Morgan fingerprint density at radius 3 is 0.894 bits per heavy atom. The molecule has 47 heavy (non-hydrogen) atoms. The Hall–Kier alpha value is -0.810. The van der Waals surface area contributed by atoms with Crippen molar-refractivity contribution in [3.05, 3.63) is 0 Å². The van der Waals surface area contributed by atoms with Crippen molar-refractivity contribution in [1.82, 2.24) is 0 Å². The Bertz CT molecular complexity index is 579. The van der Waals surface area contributed by atoms with E-state index in [-0.39, 0.29) is 5.97 Å². The van der Waals surface area contributed by atoms with Gasteiger partial charge in [-0.2, -0.15) is 0 Å². The van der Waals surface area contributed by atoms with Gasteiger partial charge >= 0.3 is 5.97 Å². The van der Waals surface area contributed by atoms with Crippen LogP contribution in [0.5, 0.6) is 0 Å². The molecule has 0 heterocycles. The summed E-state index contributed by atoms with van der Waals surface area (Å²) >= 11 is 0. The van der Waals surface area contributed by atoms with Crippen molar-refractivity contribution in [3.8, 4) is 0 Å². The molecule has 0 fully saturated rings. The predicted octanol–water partition coefficient (Wildman–Crippen LogP) is 8.49. The van der Waals surface area contributed by atoms with Gasteiger partial charge in [0.2, 0.25) is 0 Å². The molecule has 0 bridgehead atoms. The van der Waals surface area contributed by atoms with Crippen LogP contribution >= 0.6 is 0 Å². The third-order valence-corrected chi connectivity index (χ3v) is 7.85. The number of esters is 1. The first-order valence-electron chi connectivity index (χ1n) is 19.5. The molecule has 0 aliphatic carbocycles. The summed E-state index contributed by atoms with van der Waals surface area (Å²) in [6, 6.07) is 0. The number of hydrogen-bond acceptors (Lipinski definition) is 9. The van der Waals surface area contributed by atoms with Gasteiger partial charge in [0.05, 0.1) is 85.9 Å². The molecular weight excluding hydrogens is 600 g/mol. The van der Waals surface area contributed by atoms with Crippen molar-refractivity contribution in [3.63, 3.8) is 0 Å². The highest BCUT2D eigenvalue weighted by Crippen LogP contribution is 2.11. The molecule has 0 N–H and O–H groups in total. The van der Waals surface area contributed by atoms with E-state index in [9.17, 15) is 4.79 Å². The van der Waals surface area contributed by atoms with Gasteiger partial charge in [0.1, 0.15) is 6.61 Å². The van der Waals surface area contributed by atoms with E-state index in [4.69, 9.17) is 37.9 Å². The second-order valence-electron chi connectivity index (χ2n) is 12.3. The first-order valence-corrected chi connectivity index (χ1v) is 19.5. The minimum atomic E-state index is -0.127. The molecule has 0 aromatic carbocycles. The lowest BCUT2D eigenvalue weighted by Crippen LogP contribution is -2.15. The van der Waals surface area contributed by atoms with E-state index in [2.05, 4.69) is 13.8 Å². The van der Waals surface area contributed by atoms with Gasteiger partial charge in [-0.25, -0.2) is 0 Å². The standard InChI is InChI=1S/C38H76O9/c1-3-5-7-9-11-13-15-17-19-21-23-40-24-25-41-26-27-42-28-29-43-30-31-44-32-33-45-34-35-46-36-37-47-38(39)22-20-18-16-14-12-10-8-6-4-2/h3-37H2,1-2H3. The molecule has 0 rings (SSSR count). The van der Waals surface area contributed by atoms with Crippen LogP contribution in [-0.4, -0.2) is 105 Å². The zero-order valence-electron chi connectivity index (χ0n) is 30.9. The van der Waals surface area contributed by atoms with Gasteiger partial charge in [-0.1, -0.05) is 123 Å². The second kappa shape index (κ2) is 43.2. The molecule has 0 amide bonds. The lowest BCUT2D eigenvalue weighted by Gasteiger charge is -2.09. The van der Waals surface area contributed by atoms with Crippen molar-refractivity contribution in [2.75, 3.05) is 99.1 Å². The molecule has 9 heteroatoms. The maximum atomic E-state index is 11.8. The molecule has 0 unspecified atom stereocenters. The lowest BCUT2D eigenvalue weighted by atomic mass is 10.1. The average Bonchev–Trinajstić information content (AvgIpc) is 3.08. The van der Waals surface area contributed by atoms with Crippen LogP contribution in [0.3, 0.4) is 0 Å². The van der Waals surface area contributed by atoms with E-state index < -0.39 is 0 Å². The van der Waals surface area contributed by atoms with Crippen LogP contribution in [0, 0.1) is 0 Å². The zero-order chi connectivity index (χ0) is 34.0. The van der Waals surface area contributed by atoms with Crippen molar-refractivity contribution in [2.45, 2.75) is 142 Å². The summed E-state index contributed by atoms with van der Waals surface area (Å²) in [4.78, 5) is 11.8. The third kappa shape index (κ3) is 43.2. The lowest BCUT2D eigenvalue weighted by molar-refractivity contribution is -0.145. The fourth-order valence-electron chi connectivity index (χ4n) is 4.98. The van der Waals surface area contributed by atoms with Crippen LogP contribution in [0.15, 0.2) is 0 Å². The summed E-state index contributed by atoms with van der Waals surface area (Å²) in [5, 5.41) is 0. The fourth-order valence-corrected chi connectivity index (χ4v) is 4.98. The minimum absolute atomic E-state index is 0.127. The number of rotatable bonds is 42. The summed E-state index contributed by atoms with van der Waals surface area (Å²) in [6.07, 6.45) is 25.1. The monoisotopic (exact) mass is 677 g/mol. The van der Waals surface area contributed by atoms with Crippen molar-refractivity contribution in [1.29, 1.82) is 0 Å². The maximum absolute atomic E-state index is 11.8. The van der Waals surface area contributed by atoms with Crippen LogP contribution in [-0.2, 0) is 42.7 Å². The van der Waals surface area contributed by atoms with Crippen LogP contribution < -0.4 is 0 Å². The molecule has 0 saturated carbocycles. The van der Waals surface area contributed by atoms with Crippen molar-refractivity contribution >= 4 is 5.97 Å². The number of carbonyl (C=O) groups is 1. The van der Waals surface area contributed by atoms with Gasteiger partial charge in [-0.05, 0) is 12.8 Å². The largest absolute Gasteiger partial charge is 0.463 e. The first-order chi connectivity index (χ1) is 23.3. The zero-order valence-corrected chi connectivity index (χ0v) is 30.9. The quantitative estimate of drug-likeness (QED) is 0.0466. The molecule has 9 nitrogen and oxygen atoms in total. The number of unbranched alkanes of at least 4 members (excludes halogenated alkanes) is 17. The van der Waals surface area contributed by atoms with Crippen LogP contribution in [0.25, 0.3) is 0 Å². The smallest absolute Gasteiger partial charge is 0.305 e. The fraction of sp³-hybridized carbons (Fsp3) is 0.974. The van der Waals surface area contributed by atoms with E-state index in [0.29, 0.717) is 98.9 Å². The van der Waals surface area contributed by atoms with Crippen LogP contribution in [0.4, 0.5) is 0 Å². The molecule has 0 atom stereocenters. The van der Waals surface area contributed by atoms with Crippen LogP contribution in [0.1, 0.15) is 142 Å². The Labute approximate surface area is 289 Å². The average molecular weight is 677 g/mol. The Morgan fingerprint density at radius 2 is 0.553 bits per heavy atom. The van der Waals surface area contributed by atoms with Gasteiger partial charge in [0.15, 0.2) is 0 Å². The van der Waals surface area contributed by atoms with E-state index in [1.807, 2.05) is 0 Å². The Balaban J connectivity index is 3.10. The minimum Gasteiger partial charge on any atom is -0.463 e. The predicted molar refractivity (Wildman–Crippen MR) is 190 cm³/mol. The molecule has 0 aromatic heterocycles. The molecule has 0 aliphatic heterocycles. The van der Waals surface area contributed by atoms with E-state index in [1.54, 1.807) is 0 Å². The highest BCUT2D eigenvalue weighted by atomic mass is 16.6. The Kier molecular flexibility index (Phi) is 42.5. The topological polar surface area (TPSA) is 90.9 Å². The van der Waals surface area contributed by atoms with E-state index in [1.165, 1.54) is 103 Å². The van der Waals surface area contributed by atoms with Gasteiger partial charge in [0, 0.05) is 13.0 Å². The van der Waals surface area contributed by atoms with Gasteiger partial charge in [-0.15, -0.1) is 0 Å².